The van der Waals surface area contributed by atoms with E-state index in [1.807, 2.05) is 13.0 Å². The van der Waals surface area contributed by atoms with Crippen LogP contribution in [0.5, 0.6) is 0 Å². The van der Waals surface area contributed by atoms with Crippen molar-refractivity contribution in [3.63, 3.8) is 0 Å². The topological polar surface area (TPSA) is 35.2 Å². The van der Waals surface area contributed by atoms with Crippen LogP contribution in [0.3, 0.4) is 0 Å². The Bertz CT molecular complexity index is 470. The van der Waals surface area contributed by atoms with Crippen molar-refractivity contribution in [2.24, 2.45) is 11.7 Å². The zero-order valence-corrected chi connectivity index (χ0v) is 12.2. The second-order valence-electron chi connectivity index (χ2n) is 6.17. The van der Waals surface area contributed by atoms with E-state index in [1.165, 1.54) is 24.8 Å². The molecule has 1 aliphatic heterocycles. The second kappa shape index (κ2) is 5.08. The van der Waals surface area contributed by atoms with Crippen LogP contribution < -0.4 is 5.73 Å². The lowest BCUT2D eigenvalue weighted by Gasteiger charge is -2.48. The van der Waals surface area contributed by atoms with Gasteiger partial charge in [0.2, 0.25) is 0 Å². The van der Waals surface area contributed by atoms with Crippen LogP contribution in [0.4, 0.5) is 0 Å². The number of rotatable bonds is 2. The average molecular weight is 280 g/mol. The minimum absolute atomic E-state index is 0.109. The molecule has 2 fully saturated rings. The average Bonchev–Trinajstić information content (AvgIpc) is 2.39. The molecular weight excluding hydrogens is 258 g/mol. The fourth-order valence-electron chi connectivity index (χ4n) is 3.44. The molecule has 2 N–H and O–H groups in total. The van der Waals surface area contributed by atoms with Gasteiger partial charge in [-0.1, -0.05) is 23.7 Å². The maximum Gasteiger partial charge on any atom is 0.0686 e. The van der Waals surface area contributed by atoms with Gasteiger partial charge in [-0.15, -0.1) is 0 Å². The Balaban J connectivity index is 1.75. The van der Waals surface area contributed by atoms with E-state index in [2.05, 4.69) is 12.1 Å². The van der Waals surface area contributed by atoms with Gasteiger partial charge >= 0.3 is 0 Å². The number of aryl methyl sites for hydroxylation is 1. The minimum atomic E-state index is 0.109. The highest BCUT2D eigenvalue weighted by atomic mass is 35.5. The van der Waals surface area contributed by atoms with Gasteiger partial charge in [-0.3, -0.25) is 0 Å². The molecule has 2 unspecified atom stereocenters. The van der Waals surface area contributed by atoms with E-state index in [-0.39, 0.29) is 11.6 Å². The molecule has 1 aliphatic carbocycles. The van der Waals surface area contributed by atoms with Crippen LogP contribution in [0.2, 0.25) is 5.02 Å². The lowest BCUT2D eigenvalue weighted by molar-refractivity contribution is -0.146. The number of nitrogens with two attached hydrogens (primary N) is 1. The minimum Gasteiger partial charge on any atom is -0.375 e. The summed E-state index contributed by atoms with van der Waals surface area (Å²) in [6.45, 7) is 2.90. The third-order valence-corrected chi connectivity index (χ3v) is 5.29. The third kappa shape index (κ3) is 2.54. The van der Waals surface area contributed by atoms with Gasteiger partial charge in [-0.2, -0.15) is 0 Å². The summed E-state index contributed by atoms with van der Waals surface area (Å²) in [6, 6.07) is 6.28. The van der Waals surface area contributed by atoms with E-state index in [0.29, 0.717) is 5.92 Å². The number of hydrogen-bond acceptors (Lipinski definition) is 2. The summed E-state index contributed by atoms with van der Waals surface area (Å²) in [6.07, 6.45) is 5.94. The number of ether oxygens (including phenoxy) is 1. The zero-order chi connectivity index (χ0) is 13.5. The number of benzene rings is 1. The van der Waals surface area contributed by atoms with Gasteiger partial charge in [-0.05, 0) is 62.1 Å². The van der Waals surface area contributed by atoms with Crippen molar-refractivity contribution in [3.8, 4) is 0 Å². The molecule has 3 heteroatoms. The molecule has 2 nitrogen and oxygen atoms in total. The predicted octanol–water partition coefficient (Wildman–Crippen LogP) is 4.00. The molecule has 1 heterocycles. The standard InChI is InChI=1S/C16H22ClNO/c1-11-9-12(3-4-14(11)17)15(18)13-5-8-19-16(10-13)6-2-7-16/h3-4,9,13,15H,2,5-8,10,18H2,1H3. The van der Waals surface area contributed by atoms with Crippen LogP contribution in [0.25, 0.3) is 0 Å². The monoisotopic (exact) mass is 279 g/mol. The summed E-state index contributed by atoms with van der Waals surface area (Å²) in [5, 5.41) is 0.818. The molecule has 0 amide bonds. The number of halogens is 1. The molecule has 1 aromatic carbocycles. The van der Waals surface area contributed by atoms with Gasteiger partial charge in [0.1, 0.15) is 0 Å². The van der Waals surface area contributed by atoms with Crippen LogP contribution >= 0.6 is 11.6 Å². The fraction of sp³-hybridized carbons (Fsp3) is 0.625. The van der Waals surface area contributed by atoms with Crippen molar-refractivity contribution in [1.29, 1.82) is 0 Å². The quantitative estimate of drug-likeness (QED) is 0.888. The lowest BCUT2D eigenvalue weighted by Crippen LogP contribution is -2.47. The molecule has 0 aromatic heterocycles. The van der Waals surface area contributed by atoms with Crippen molar-refractivity contribution in [2.45, 2.75) is 50.7 Å². The lowest BCUT2D eigenvalue weighted by atomic mass is 9.70. The Morgan fingerprint density at radius 3 is 2.84 bits per heavy atom. The van der Waals surface area contributed by atoms with E-state index >= 15 is 0 Å². The summed E-state index contributed by atoms with van der Waals surface area (Å²) in [7, 11) is 0. The van der Waals surface area contributed by atoms with Gasteiger partial charge in [-0.25, -0.2) is 0 Å². The molecule has 104 valence electrons. The Hall–Kier alpha value is -0.570. The highest BCUT2D eigenvalue weighted by Crippen LogP contribution is 2.46. The molecule has 0 radical (unpaired) electrons. The van der Waals surface area contributed by atoms with Crippen molar-refractivity contribution >= 4 is 11.6 Å². The van der Waals surface area contributed by atoms with Crippen molar-refractivity contribution in [3.05, 3.63) is 34.3 Å². The molecule has 0 bridgehead atoms. The van der Waals surface area contributed by atoms with Crippen LogP contribution in [0, 0.1) is 12.8 Å². The summed E-state index contributed by atoms with van der Waals surface area (Å²) in [4.78, 5) is 0. The maximum absolute atomic E-state index is 6.49. The normalized spacial score (nSPS) is 27.0. The summed E-state index contributed by atoms with van der Waals surface area (Å²) >= 11 is 6.09. The first-order valence-electron chi connectivity index (χ1n) is 7.25. The molecule has 2 aliphatic rings. The SMILES string of the molecule is Cc1cc(C(N)C2CCOC3(CCC3)C2)ccc1Cl. The van der Waals surface area contributed by atoms with E-state index < -0.39 is 0 Å². The first-order valence-corrected chi connectivity index (χ1v) is 7.63. The highest BCUT2D eigenvalue weighted by Gasteiger charge is 2.43. The van der Waals surface area contributed by atoms with Crippen molar-refractivity contribution in [2.75, 3.05) is 6.61 Å². The molecule has 1 spiro atoms. The van der Waals surface area contributed by atoms with E-state index in [1.54, 1.807) is 0 Å². The third-order valence-electron chi connectivity index (χ3n) is 4.87. The largest absolute Gasteiger partial charge is 0.375 e. The summed E-state index contributed by atoms with van der Waals surface area (Å²) < 4.78 is 5.98. The van der Waals surface area contributed by atoms with E-state index in [0.717, 1.165) is 30.0 Å². The second-order valence-corrected chi connectivity index (χ2v) is 6.58. The zero-order valence-electron chi connectivity index (χ0n) is 11.5. The van der Waals surface area contributed by atoms with Crippen molar-refractivity contribution in [1.82, 2.24) is 0 Å². The van der Waals surface area contributed by atoms with E-state index in [4.69, 9.17) is 22.1 Å². The van der Waals surface area contributed by atoms with E-state index in [9.17, 15) is 0 Å². The molecule has 1 aromatic rings. The Morgan fingerprint density at radius 1 is 1.42 bits per heavy atom. The Morgan fingerprint density at radius 2 is 2.21 bits per heavy atom. The maximum atomic E-state index is 6.49. The van der Waals surface area contributed by atoms with Crippen LogP contribution in [0.15, 0.2) is 18.2 Å². The first kappa shape index (κ1) is 13.4. The molecule has 19 heavy (non-hydrogen) atoms. The van der Waals surface area contributed by atoms with Gasteiger partial charge in [0.15, 0.2) is 0 Å². The first-order chi connectivity index (χ1) is 9.10. The molecule has 1 saturated heterocycles. The smallest absolute Gasteiger partial charge is 0.0686 e. The number of hydrogen-bond donors (Lipinski definition) is 1. The van der Waals surface area contributed by atoms with Gasteiger partial charge in [0.25, 0.3) is 0 Å². The molecule has 1 saturated carbocycles. The fourth-order valence-corrected chi connectivity index (χ4v) is 3.56. The Kier molecular flexibility index (Phi) is 3.59. The Labute approximate surface area is 120 Å². The summed E-state index contributed by atoms with van der Waals surface area (Å²) in [5.74, 6) is 0.537. The highest BCUT2D eigenvalue weighted by molar-refractivity contribution is 6.31. The molecule has 2 atom stereocenters. The summed E-state index contributed by atoms with van der Waals surface area (Å²) in [5.41, 5.74) is 8.98. The van der Waals surface area contributed by atoms with Gasteiger partial charge in [0, 0.05) is 17.7 Å². The van der Waals surface area contributed by atoms with Crippen LogP contribution in [-0.4, -0.2) is 12.2 Å². The molecule has 3 rings (SSSR count). The predicted molar refractivity (Wildman–Crippen MR) is 78.4 cm³/mol. The van der Waals surface area contributed by atoms with Crippen LogP contribution in [-0.2, 0) is 4.74 Å². The molecular formula is C16H22ClNO. The van der Waals surface area contributed by atoms with Crippen LogP contribution in [0.1, 0.15) is 49.3 Å². The van der Waals surface area contributed by atoms with Gasteiger partial charge < -0.3 is 10.5 Å². The van der Waals surface area contributed by atoms with Gasteiger partial charge in [0.05, 0.1) is 5.60 Å². The van der Waals surface area contributed by atoms with Crippen molar-refractivity contribution < 1.29 is 4.74 Å².